The Hall–Kier alpha value is -1.95. The second kappa shape index (κ2) is 4.71. The number of aromatic nitrogens is 4. The quantitative estimate of drug-likeness (QED) is 0.697. The Morgan fingerprint density at radius 3 is 3.00 bits per heavy atom. The Morgan fingerprint density at radius 2 is 2.25 bits per heavy atom. The highest BCUT2D eigenvalue weighted by atomic mass is 16.3. The maximum Gasteiger partial charge on any atom is 0.188 e. The van der Waals surface area contributed by atoms with Crippen molar-refractivity contribution in [1.82, 2.24) is 25.9 Å². The molecule has 0 aliphatic heterocycles. The molecule has 0 spiro atoms. The van der Waals surface area contributed by atoms with Crippen LogP contribution in [-0.4, -0.2) is 25.7 Å². The van der Waals surface area contributed by atoms with E-state index >= 15 is 0 Å². The Morgan fingerprint density at radius 1 is 1.38 bits per heavy atom. The maximum absolute atomic E-state index is 9.60. The third kappa shape index (κ3) is 2.54. The van der Waals surface area contributed by atoms with Crippen molar-refractivity contribution >= 4 is 0 Å². The van der Waals surface area contributed by atoms with Crippen molar-refractivity contribution in [2.45, 2.75) is 20.0 Å². The monoisotopic (exact) mass is 219 g/mol. The molecule has 0 unspecified atom stereocenters. The zero-order valence-electron chi connectivity index (χ0n) is 8.94. The number of aryl methyl sites for hydroxylation is 1. The van der Waals surface area contributed by atoms with Crippen LogP contribution in [0.4, 0.5) is 0 Å². The zero-order chi connectivity index (χ0) is 11.4. The SMILES string of the molecule is Cc1ccc(O)c(CNCc2nn[nH]n2)c1. The molecule has 3 N–H and O–H groups in total. The van der Waals surface area contributed by atoms with E-state index in [1.54, 1.807) is 6.07 Å². The topological polar surface area (TPSA) is 86.7 Å². The van der Waals surface area contributed by atoms with Gasteiger partial charge in [0.2, 0.25) is 0 Å². The first-order valence-corrected chi connectivity index (χ1v) is 4.97. The molecule has 0 saturated heterocycles. The van der Waals surface area contributed by atoms with Crippen LogP contribution >= 0.6 is 0 Å². The van der Waals surface area contributed by atoms with Crippen LogP contribution in [0.2, 0.25) is 0 Å². The van der Waals surface area contributed by atoms with E-state index in [0.717, 1.165) is 11.1 Å². The van der Waals surface area contributed by atoms with E-state index in [9.17, 15) is 5.11 Å². The van der Waals surface area contributed by atoms with Crippen LogP contribution in [0, 0.1) is 6.92 Å². The van der Waals surface area contributed by atoms with Gasteiger partial charge in [-0.3, -0.25) is 0 Å². The highest BCUT2D eigenvalue weighted by molar-refractivity contribution is 5.35. The number of hydrogen-bond acceptors (Lipinski definition) is 5. The van der Waals surface area contributed by atoms with Crippen LogP contribution in [0.1, 0.15) is 17.0 Å². The van der Waals surface area contributed by atoms with E-state index in [1.165, 1.54) is 0 Å². The van der Waals surface area contributed by atoms with Gasteiger partial charge in [0.1, 0.15) is 5.75 Å². The van der Waals surface area contributed by atoms with E-state index in [0.29, 0.717) is 24.7 Å². The standard InChI is InChI=1S/C10H13N5O/c1-7-2-3-9(16)8(4-7)5-11-6-10-12-14-15-13-10/h2-4,11,16H,5-6H2,1H3,(H,12,13,14,15). The first kappa shape index (κ1) is 10.6. The summed E-state index contributed by atoms with van der Waals surface area (Å²) >= 11 is 0. The summed E-state index contributed by atoms with van der Waals surface area (Å²) in [6.45, 7) is 3.08. The van der Waals surface area contributed by atoms with Crippen molar-refractivity contribution in [2.24, 2.45) is 0 Å². The lowest BCUT2D eigenvalue weighted by Gasteiger charge is -2.06. The summed E-state index contributed by atoms with van der Waals surface area (Å²) in [6.07, 6.45) is 0. The molecule has 84 valence electrons. The average molecular weight is 219 g/mol. The third-order valence-electron chi connectivity index (χ3n) is 2.22. The number of hydrogen-bond donors (Lipinski definition) is 3. The van der Waals surface area contributed by atoms with Crippen LogP contribution < -0.4 is 5.32 Å². The molecule has 0 saturated carbocycles. The summed E-state index contributed by atoms with van der Waals surface area (Å²) in [7, 11) is 0. The van der Waals surface area contributed by atoms with Crippen molar-refractivity contribution in [3.05, 3.63) is 35.2 Å². The fourth-order valence-electron chi connectivity index (χ4n) is 1.42. The largest absolute Gasteiger partial charge is 0.508 e. The molecule has 1 aromatic heterocycles. The van der Waals surface area contributed by atoms with E-state index < -0.39 is 0 Å². The van der Waals surface area contributed by atoms with Gasteiger partial charge in [-0.25, -0.2) is 0 Å². The van der Waals surface area contributed by atoms with Crippen LogP contribution in [0.15, 0.2) is 18.2 Å². The molecule has 0 atom stereocenters. The number of aromatic hydroxyl groups is 1. The molecule has 0 radical (unpaired) electrons. The highest BCUT2D eigenvalue weighted by Gasteiger charge is 2.02. The molecule has 0 bridgehead atoms. The molecule has 0 aliphatic rings. The summed E-state index contributed by atoms with van der Waals surface area (Å²) in [5, 5.41) is 26.2. The third-order valence-corrected chi connectivity index (χ3v) is 2.22. The maximum atomic E-state index is 9.60. The molecule has 2 aromatic rings. The summed E-state index contributed by atoms with van der Waals surface area (Å²) < 4.78 is 0. The second-order valence-electron chi connectivity index (χ2n) is 3.56. The molecule has 2 rings (SSSR count). The number of H-pyrrole nitrogens is 1. The van der Waals surface area contributed by atoms with Crippen molar-refractivity contribution in [3.8, 4) is 5.75 Å². The van der Waals surface area contributed by atoms with Gasteiger partial charge in [-0.2, -0.15) is 5.21 Å². The van der Waals surface area contributed by atoms with Crippen molar-refractivity contribution < 1.29 is 5.11 Å². The average Bonchev–Trinajstić information content (AvgIpc) is 2.76. The minimum absolute atomic E-state index is 0.297. The minimum Gasteiger partial charge on any atom is -0.508 e. The molecule has 6 heteroatoms. The highest BCUT2D eigenvalue weighted by Crippen LogP contribution is 2.17. The Kier molecular flexibility index (Phi) is 3.11. The second-order valence-corrected chi connectivity index (χ2v) is 3.56. The van der Waals surface area contributed by atoms with Gasteiger partial charge in [-0.1, -0.05) is 22.9 Å². The number of nitrogens with zero attached hydrogens (tertiary/aromatic N) is 3. The van der Waals surface area contributed by atoms with Crippen molar-refractivity contribution in [3.63, 3.8) is 0 Å². The summed E-state index contributed by atoms with van der Waals surface area (Å²) in [6, 6.07) is 5.51. The number of phenolic OH excluding ortho intramolecular Hbond substituents is 1. The molecule has 1 heterocycles. The van der Waals surface area contributed by atoms with Crippen LogP contribution in [-0.2, 0) is 13.1 Å². The van der Waals surface area contributed by atoms with Gasteiger partial charge in [0, 0.05) is 12.1 Å². The van der Waals surface area contributed by atoms with E-state index in [2.05, 4.69) is 25.9 Å². The van der Waals surface area contributed by atoms with Gasteiger partial charge in [0.25, 0.3) is 0 Å². The van der Waals surface area contributed by atoms with Gasteiger partial charge < -0.3 is 10.4 Å². The fraction of sp³-hybridized carbons (Fsp3) is 0.300. The normalized spacial score (nSPS) is 10.6. The molecule has 6 nitrogen and oxygen atoms in total. The number of aromatic amines is 1. The van der Waals surface area contributed by atoms with Crippen LogP contribution in [0.5, 0.6) is 5.75 Å². The molecule has 0 amide bonds. The smallest absolute Gasteiger partial charge is 0.188 e. The predicted octanol–water partition coefficient (Wildman–Crippen LogP) is 0.504. The Balaban J connectivity index is 1.92. The lowest BCUT2D eigenvalue weighted by Crippen LogP contribution is -2.14. The number of rotatable bonds is 4. The summed E-state index contributed by atoms with van der Waals surface area (Å²) in [4.78, 5) is 0. The molecule has 0 aliphatic carbocycles. The molecular formula is C10H13N5O. The fourth-order valence-corrected chi connectivity index (χ4v) is 1.42. The Bertz CT molecular complexity index is 454. The number of tetrazole rings is 1. The van der Waals surface area contributed by atoms with Gasteiger partial charge in [0.05, 0.1) is 6.54 Å². The van der Waals surface area contributed by atoms with Crippen LogP contribution in [0.3, 0.4) is 0 Å². The number of phenols is 1. The molecule has 16 heavy (non-hydrogen) atoms. The Labute approximate surface area is 92.7 Å². The number of nitrogens with one attached hydrogen (secondary N) is 2. The minimum atomic E-state index is 0.297. The van der Waals surface area contributed by atoms with Crippen molar-refractivity contribution in [1.29, 1.82) is 0 Å². The zero-order valence-corrected chi connectivity index (χ0v) is 8.94. The number of benzene rings is 1. The van der Waals surface area contributed by atoms with Gasteiger partial charge in [-0.05, 0) is 13.0 Å². The van der Waals surface area contributed by atoms with E-state index in [-0.39, 0.29) is 0 Å². The lowest BCUT2D eigenvalue weighted by molar-refractivity contribution is 0.464. The van der Waals surface area contributed by atoms with Crippen molar-refractivity contribution in [2.75, 3.05) is 0 Å². The summed E-state index contributed by atoms with van der Waals surface area (Å²) in [5.74, 6) is 0.901. The van der Waals surface area contributed by atoms with Gasteiger partial charge in [-0.15, -0.1) is 10.2 Å². The molecule has 0 fully saturated rings. The first-order valence-electron chi connectivity index (χ1n) is 4.97. The molecule has 1 aromatic carbocycles. The summed E-state index contributed by atoms with van der Waals surface area (Å²) in [5.41, 5.74) is 1.98. The van der Waals surface area contributed by atoms with Gasteiger partial charge >= 0.3 is 0 Å². The lowest BCUT2D eigenvalue weighted by atomic mass is 10.1. The first-order chi connectivity index (χ1) is 7.75. The van der Waals surface area contributed by atoms with Gasteiger partial charge in [0.15, 0.2) is 5.82 Å². The van der Waals surface area contributed by atoms with Crippen LogP contribution in [0.25, 0.3) is 0 Å². The predicted molar refractivity (Wildman–Crippen MR) is 57.6 cm³/mol. The van der Waals surface area contributed by atoms with E-state index in [1.807, 2.05) is 19.1 Å². The van der Waals surface area contributed by atoms with E-state index in [4.69, 9.17) is 0 Å². The molecular weight excluding hydrogens is 206 g/mol.